The van der Waals surface area contributed by atoms with Gasteiger partial charge in [0.1, 0.15) is 37.6 Å². The van der Waals surface area contributed by atoms with Crippen LogP contribution < -0.4 is 0 Å². The highest BCUT2D eigenvalue weighted by molar-refractivity contribution is 5.59. The molecule has 0 saturated carbocycles. The third-order valence-electron chi connectivity index (χ3n) is 9.00. The Bertz CT molecular complexity index is 777. The lowest BCUT2D eigenvalue weighted by Crippen LogP contribution is -2.60. The molecule has 0 aromatic rings. The summed E-state index contributed by atoms with van der Waals surface area (Å²) in [7, 11) is 1.71. The first-order chi connectivity index (χ1) is 23.5. The minimum Gasteiger partial charge on any atom is -0.431 e. The zero-order valence-electron chi connectivity index (χ0n) is 30.8. The highest BCUT2D eigenvalue weighted by Crippen LogP contribution is 2.26. The molecule has 9 nitrogen and oxygen atoms in total. The van der Waals surface area contributed by atoms with Crippen molar-refractivity contribution in [1.29, 1.82) is 0 Å². The van der Waals surface area contributed by atoms with E-state index in [9.17, 15) is 15.0 Å². The van der Waals surface area contributed by atoms with E-state index in [0.717, 1.165) is 32.1 Å². The Balaban J connectivity index is 2.44. The van der Waals surface area contributed by atoms with E-state index in [2.05, 4.69) is 32.6 Å². The normalized spacial score (nSPS) is 21.8. The highest BCUT2D eigenvalue weighted by atomic mass is 16.7. The Morgan fingerprint density at radius 1 is 0.729 bits per heavy atom. The van der Waals surface area contributed by atoms with Gasteiger partial charge in [0.25, 0.3) is 0 Å². The molecule has 282 valence electrons. The van der Waals surface area contributed by atoms with Gasteiger partial charge in [-0.2, -0.15) is 0 Å². The first-order valence-corrected chi connectivity index (χ1v) is 19.3. The van der Waals surface area contributed by atoms with E-state index in [1.54, 1.807) is 7.11 Å². The molecule has 6 atom stereocenters. The minimum absolute atomic E-state index is 0.00757. The Hall–Kier alpha value is -1.49. The van der Waals surface area contributed by atoms with Crippen molar-refractivity contribution in [2.24, 2.45) is 0 Å². The summed E-state index contributed by atoms with van der Waals surface area (Å²) in [6.07, 6.45) is 24.7. The molecule has 0 aromatic heterocycles. The van der Waals surface area contributed by atoms with Crippen LogP contribution in [0.3, 0.4) is 0 Å². The van der Waals surface area contributed by atoms with Crippen LogP contribution in [0.1, 0.15) is 149 Å². The molecule has 1 heterocycles. The van der Waals surface area contributed by atoms with Crippen molar-refractivity contribution in [3.05, 3.63) is 24.8 Å². The highest BCUT2D eigenvalue weighted by Gasteiger charge is 2.46. The zero-order valence-corrected chi connectivity index (χ0v) is 30.8. The number of aliphatic hydroxyl groups is 2. The maximum Gasteiger partial charge on any atom is 0.508 e. The predicted molar refractivity (Wildman–Crippen MR) is 192 cm³/mol. The number of ether oxygens (including phenoxy) is 6. The molecule has 0 radical (unpaired) electrons. The molecule has 1 rings (SSSR count). The fourth-order valence-corrected chi connectivity index (χ4v) is 5.99. The van der Waals surface area contributed by atoms with Gasteiger partial charge in [0.05, 0.1) is 6.10 Å². The second-order valence-electron chi connectivity index (χ2n) is 13.2. The van der Waals surface area contributed by atoms with E-state index in [-0.39, 0.29) is 19.3 Å². The van der Waals surface area contributed by atoms with E-state index < -0.39 is 36.9 Å². The Labute approximate surface area is 293 Å². The van der Waals surface area contributed by atoms with Gasteiger partial charge in [0.15, 0.2) is 6.29 Å². The van der Waals surface area contributed by atoms with E-state index in [0.29, 0.717) is 19.6 Å². The largest absolute Gasteiger partial charge is 0.508 e. The van der Waals surface area contributed by atoms with Crippen LogP contribution in [-0.2, 0) is 28.4 Å². The molecule has 0 aromatic carbocycles. The monoisotopic (exact) mass is 685 g/mol. The average Bonchev–Trinajstić information content (AvgIpc) is 3.09. The second kappa shape index (κ2) is 31.5. The molecular weight excluding hydrogens is 612 g/mol. The molecule has 1 fully saturated rings. The number of allylic oxidation sites excluding steroid dienone is 2. The van der Waals surface area contributed by atoms with Crippen molar-refractivity contribution >= 4 is 6.16 Å². The van der Waals surface area contributed by atoms with Gasteiger partial charge >= 0.3 is 6.16 Å². The van der Waals surface area contributed by atoms with Crippen molar-refractivity contribution < 1.29 is 43.4 Å². The van der Waals surface area contributed by atoms with Crippen molar-refractivity contribution in [2.45, 2.75) is 185 Å². The molecule has 1 unspecified atom stereocenters. The van der Waals surface area contributed by atoms with Gasteiger partial charge in [-0.3, -0.25) is 0 Å². The lowest BCUT2D eigenvalue weighted by atomic mass is 9.98. The second-order valence-corrected chi connectivity index (χ2v) is 13.2. The number of hydrogen-bond acceptors (Lipinski definition) is 9. The first-order valence-electron chi connectivity index (χ1n) is 19.3. The molecule has 0 aliphatic carbocycles. The van der Waals surface area contributed by atoms with Crippen LogP contribution >= 0.6 is 0 Å². The maximum absolute atomic E-state index is 11.8. The quantitative estimate of drug-likeness (QED) is 0.0407. The summed E-state index contributed by atoms with van der Waals surface area (Å²) in [5.74, 6) is 0. The molecule has 0 spiro atoms. The Kier molecular flexibility index (Phi) is 29.2. The van der Waals surface area contributed by atoms with Gasteiger partial charge in [0, 0.05) is 20.3 Å². The summed E-state index contributed by atoms with van der Waals surface area (Å²) in [5.41, 5.74) is 0. The summed E-state index contributed by atoms with van der Waals surface area (Å²) in [5, 5.41) is 22.0. The van der Waals surface area contributed by atoms with Gasteiger partial charge < -0.3 is 38.6 Å². The van der Waals surface area contributed by atoms with Crippen LogP contribution in [0.15, 0.2) is 24.8 Å². The number of carbonyl (C=O) groups is 1. The topological polar surface area (TPSA) is 113 Å². The molecule has 2 N–H and O–H groups in total. The SMILES string of the molecule is C=CCOC(=O)OC[C@H]1OC(O)[C@H](OCCCCCCCCCCC=CCCCCCC)[C@@H](OCC[C@@H](CCCCCCC)OC)[C@@H]1O. The van der Waals surface area contributed by atoms with Crippen LogP contribution in [0.2, 0.25) is 0 Å². The number of methoxy groups -OCH3 is 1. The number of rotatable bonds is 32. The Morgan fingerprint density at radius 3 is 1.92 bits per heavy atom. The number of unbranched alkanes of at least 4 members (excludes halogenated alkanes) is 16. The lowest BCUT2D eigenvalue weighted by molar-refractivity contribution is -0.304. The van der Waals surface area contributed by atoms with Gasteiger partial charge in [-0.1, -0.05) is 129 Å². The number of aliphatic hydroxyl groups excluding tert-OH is 2. The Morgan fingerprint density at radius 2 is 1.29 bits per heavy atom. The molecule has 48 heavy (non-hydrogen) atoms. The molecule has 0 amide bonds. The van der Waals surface area contributed by atoms with Crippen molar-refractivity contribution in [3.63, 3.8) is 0 Å². The smallest absolute Gasteiger partial charge is 0.431 e. The first kappa shape index (κ1) is 44.5. The van der Waals surface area contributed by atoms with Crippen molar-refractivity contribution in [3.8, 4) is 0 Å². The zero-order chi connectivity index (χ0) is 35.1. The van der Waals surface area contributed by atoms with Crippen molar-refractivity contribution in [2.75, 3.05) is 33.5 Å². The van der Waals surface area contributed by atoms with Crippen LogP contribution in [0, 0.1) is 0 Å². The van der Waals surface area contributed by atoms with E-state index in [1.165, 1.54) is 102 Å². The minimum atomic E-state index is -1.34. The van der Waals surface area contributed by atoms with Crippen LogP contribution in [-0.4, -0.2) is 86.7 Å². The fraction of sp³-hybridized carbons (Fsp3) is 0.872. The van der Waals surface area contributed by atoms with Crippen molar-refractivity contribution in [1.82, 2.24) is 0 Å². The lowest BCUT2D eigenvalue weighted by Gasteiger charge is -2.42. The van der Waals surface area contributed by atoms with E-state index in [1.807, 2.05) is 0 Å². The molecule has 1 aliphatic rings. The third-order valence-corrected chi connectivity index (χ3v) is 9.00. The predicted octanol–water partition coefficient (Wildman–Crippen LogP) is 8.98. The van der Waals surface area contributed by atoms with Crippen LogP contribution in [0.25, 0.3) is 0 Å². The average molecular weight is 685 g/mol. The maximum atomic E-state index is 11.8. The summed E-state index contributed by atoms with van der Waals surface area (Å²) >= 11 is 0. The molecule has 1 aliphatic heterocycles. The number of carbonyl (C=O) groups excluding carboxylic acids is 1. The summed E-state index contributed by atoms with van der Waals surface area (Å²) < 4.78 is 33.5. The van der Waals surface area contributed by atoms with Gasteiger partial charge in [-0.15, -0.1) is 0 Å². The third kappa shape index (κ3) is 22.3. The molecule has 0 bridgehead atoms. The summed E-state index contributed by atoms with van der Waals surface area (Å²) in [6.45, 7) is 8.42. The summed E-state index contributed by atoms with van der Waals surface area (Å²) in [6, 6.07) is 0. The van der Waals surface area contributed by atoms with Crippen LogP contribution in [0.4, 0.5) is 4.79 Å². The molecule has 1 saturated heterocycles. The fourth-order valence-electron chi connectivity index (χ4n) is 5.99. The van der Waals surface area contributed by atoms with Gasteiger partial charge in [-0.05, 0) is 44.9 Å². The molecular formula is C39H72O9. The molecule has 9 heteroatoms. The van der Waals surface area contributed by atoms with E-state index >= 15 is 0 Å². The van der Waals surface area contributed by atoms with Gasteiger partial charge in [-0.25, -0.2) is 4.79 Å². The summed E-state index contributed by atoms with van der Waals surface area (Å²) in [4.78, 5) is 11.8. The number of hydrogen-bond donors (Lipinski definition) is 2. The van der Waals surface area contributed by atoms with E-state index in [4.69, 9.17) is 28.4 Å². The standard InChI is InChI=1S/C39H72O9/c1-5-8-10-12-13-14-15-16-17-18-19-20-21-22-24-26-30-44-37-36(45-31-28-33(43-4)27-25-23-11-9-6-2)35(40)34(48-38(37)41)32-47-39(42)46-29-7-3/h7,14-15,33-38,40-41H,3,5-6,8-13,16-32H2,1-2,4H3/t33-,34-,35-,36+,37-,38?/m1/s1. The van der Waals surface area contributed by atoms with Crippen LogP contribution in [0.5, 0.6) is 0 Å². The van der Waals surface area contributed by atoms with Gasteiger partial charge in [0.2, 0.25) is 0 Å².